The highest BCUT2D eigenvalue weighted by atomic mass is 79.9. The van der Waals surface area contributed by atoms with Crippen molar-refractivity contribution in [3.8, 4) is 0 Å². The fraction of sp³-hybridized carbons (Fsp3) is 0.250. The zero-order valence-electron chi connectivity index (χ0n) is 12.0. The average molecular weight is 349 g/mol. The first kappa shape index (κ1) is 15.5. The van der Waals surface area contributed by atoms with Crippen LogP contribution in [0.15, 0.2) is 46.9 Å². The smallest absolute Gasteiger partial charge is 0.283 e. The maximum atomic E-state index is 10.8. The van der Waals surface area contributed by atoms with Gasteiger partial charge in [0, 0.05) is 17.8 Å². The van der Waals surface area contributed by atoms with Gasteiger partial charge in [0.05, 0.1) is 9.40 Å². The fourth-order valence-electron chi connectivity index (χ4n) is 2.12. The molecule has 0 aliphatic carbocycles. The Kier molecular flexibility index (Phi) is 4.96. The van der Waals surface area contributed by atoms with Crippen LogP contribution in [-0.2, 0) is 6.42 Å². The van der Waals surface area contributed by atoms with Crippen LogP contribution >= 0.6 is 15.9 Å². The van der Waals surface area contributed by atoms with E-state index in [1.54, 1.807) is 12.1 Å². The third kappa shape index (κ3) is 3.82. The van der Waals surface area contributed by atoms with Crippen molar-refractivity contribution in [2.45, 2.75) is 26.3 Å². The van der Waals surface area contributed by atoms with Gasteiger partial charge in [-0.2, -0.15) is 0 Å². The number of anilines is 1. The molecule has 2 aromatic rings. The van der Waals surface area contributed by atoms with E-state index in [4.69, 9.17) is 0 Å². The lowest BCUT2D eigenvalue weighted by molar-refractivity contribution is -0.385. The van der Waals surface area contributed by atoms with Crippen molar-refractivity contribution < 1.29 is 4.92 Å². The molecule has 1 N–H and O–H groups in total. The van der Waals surface area contributed by atoms with Gasteiger partial charge in [0.15, 0.2) is 0 Å². The van der Waals surface area contributed by atoms with Gasteiger partial charge in [0.2, 0.25) is 0 Å². The van der Waals surface area contributed by atoms with Gasteiger partial charge >= 0.3 is 0 Å². The number of hydrogen-bond acceptors (Lipinski definition) is 3. The molecule has 0 amide bonds. The second-order valence-corrected chi connectivity index (χ2v) is 5.74. The average Bonchev–Trinajstić information content (AvgIpc) is 2.47. The maximum Gasteiger partial charge on any atom is 0.283 e. The molecule has 0 aliphatic heterocycles. The number of halogens is 1. The minimum Gasteiger partial charge on any atom is -0.378 e. The summed E-state index contributed by atoms with van der Waals surface area (Å²) in [6.45, 7) is 4.20. The molecule has 0 aliphatic rings. The summed E-state index contributed by atoms with van der Waals surface area (Å²) in [7, 11) is 0. The molecule has 1 unspecified atom stereocenters. The van der Waals surface area contributed by atoms with E-state index in [9.17, 15) is 10.1 Å². The maximum absolute atomic E-state index is 10.8. The molecule has 21 heavy (non-hydrogen) atoms. The molecule has 110 valence electrons. The third-order valence-corrected chi connectivity index (χ3v) is 4.05. The molecule has 1 atom stereocenters. The first-order valence-corrected chi connectivity index (χ1v) is 7.60. The quantitative estimate of drug-likeness (QED) is 0.604. The van der Waals surface area contributed by atoms with E-state index in [2.05, 4.69) is 59.4 Å². The minimum absolute atomic E-state index is 0.0699. The Balaban J connectivity index is 2.13. The number of nitro groups is 1. The third-order valence-electron chi connectivity index (χ3n) is 3.42. The Morgan fingerprint density at radius 3 is 2.43 bits per heavy atom. The highest BCUT2D eigenvalue weighted by Gasteiger charge is 2.13. The Bertz CT molecular complexity index is 641. The monoisotopic (exact) mass is 348 g/mol. The number of nitrogens with one attached hydrogen (secondary N) is 1. The number of nitrogens with zero attached hydrogens (tertiary/aromatic N) is 1. The van der Waals surface area contributed by atoms with E-state index in [1.807, 2.05) is 0 Å². The van der Waals surface area contributed by atoms with Crippen molar-refractivity contribution in [1.82, 2.24) is 0 Å². The van der Waals surface area contributed by atoms with Gasteiger partial charge < -0.3 is 5.32 Å². The van der Waals surface area contributed by atoms with Crippen LogP contribution in [0, 0.1) is 10.1 Å². The number of aryl methyl sites for hydroxylation is 1. The van der Waals surface area contributed by atoms with Gasteiger partial charge in [0.25, 0.3) is 5.69 Å². The van der Waals surface area contributed by atoms with Crippen LogP contribution in [0.1, 0.15) is 31.0 Å². The predicted molar refractivity (Wildman–Crippen MR) is 88.7 cm³/mol. The largest absolute Gasteiger partial charge is 0.378 e. The number of hydrogen-bond donors (Lipinski definition) is 1. The second kappa shape index (κ2) is 6.72. The zero-order valence-corrected chi connectivity index (χ0v) is 13.6. The number of rotatable bonds is 5. The molecule has 0 saturated heterocycles. The molecular weight excluding hydrogens is 332 g/mol. The van der Waals surface area contributed by atoms with E-state index < -0.39 is 4.92 Å². The molecule has 0 saturated carbocycles. The Hall–Kier alpha value is -1.88. The Labute approximate surface area is 132 Å². The van der Waals surface area contributed by atoms with Crippen molar-refractivity contribution in [2.75, 3.05) is 5.32 Å². The summed E-state index contributed by atoms with van der Waals surface area (Å²) >= 11 is 3.23. The van der Waals surface area contributed by atoms with Crippen molar-refractivity contribution in [3.05, 3.63) is 68.2 Å². The first-order chi connectivity index (χ1) is 10.0. The molecule has 0 fully saturated rings. The van der Waals surface area contributed by atoms with E-state index in [-0.39, 0.29) is 11.7 Å². The molecule has 0 spiro atoms. The topological polar surface area (TPSA) is 55.2 Å². The van der Waals surface area contributed by atoms with Crippen LogP contribution in [0.3, 0.4) is 0 Å². The number of nitro benzene ring substituents is 1. The van der Waals surface area contributed by atoms with Crippen LogP contribution in [0.4, 0.5) is 11.4 Å². The molecule has 0 aromatic heterocycles. The van der Waals surface area contributed by atoms with E-state index >= 15 is 0 Å². The predicted octanol–water partition coefficient (Wildman–Crippen LogP) is 5.09. The standard InChI is InChI=1S/C16H17BrN2O2/c1-3-12-4-6-13(7-5-12)11(2)18-14-8-9-16(19(20)21)15(17)10-14/h4-11,18H,3H2,1-2H3. The lowest BCUT2D eigenvalue weighted by Crippen LogP contribution is -2.06. The summed E-state index contributed by atoms with van der Waals surface area (Å²) in [4.78, 5) is 10.4. The summed E-state index contributed by atoms with van der Waals surface area (Å²) in [5, 5.41) is 14.1. The van der Waals surface area contributed by atoms with Gasteiger partial charge in [-0.3, -0.25) is 10.1 Å². The van der Waals surface area contributed by atoms with Crippen molar-refractivity contribution in [3.63, 3.8) is 0 Å². The van der Waals surface area contributed by atoms with Crippen LogP contribution < -0.4 is 5.32 Å². The summed E-state index contributed by atoms with van der Waals surface area (Å²) in [5.41, 5.74) is 3.41. The lowest BCUT2D eigenvalue weighted by Gasteiger charge is -2.16. The Morgan fingerprint density at radius 1 is 1.24 bits per heavy atom. The van der Waals surface area contributed by atoms with Gasteiger partial charge in [-0.1, -0.05) is 31.2 Å². The van der Waals surface area contributed by atoms with Crippen LogP contribution in [0.2, 0.25) is 0 Å². The minimum atomic E-state index is -0.402. The van der Waals surface area contributed by atoms with E-state index in [0.717, 1.165) is 12.1 Å². The highest BCUT2D eigenvalue weighted by molar-refractivity contribution is 9.10. The van der Waals surface area contributed by atoms with Crippen LogP contribution in [0.25, 0.3) is 0 Å². The fourth-order valence-corrected chi connectivity index (χ4v) is 2.64. The van der Waals surface area contributed by atoms with Crippen LogP contribution in [0.5, 0.6) is 0 Å². The van der Waals surface area contributed by atoms with Gasteiger partial charge in [-0.05, 0) is 52.5 Å². The Morgan fingerprint density at radius 2 is 1.90 bits per heavy atom. The molecule has 5 heteroatoms. The normalized spacial score (nSPS) is 12.0. The molecule has 0 bridgehead atoms. The summed E-state index contributed by atoms with van der Waals surface area (Å²) in [6, 6.07) is 13.5. The lowest BCUT2D eigenvalue weighted by atomic mass is 10.0. The molecule has 0 radical (unpaired) electrons. The van der Waals surface area contributed by atoms with Gasteiger partial charge in [-0.15, -0.1) is 0 Å². The SMILES string of the molecule is CCc1ccc(C(C)Nc2ccc([N+](=O)[O-])c(Br)c2)cc1. The van der Waals surface area contributed by atoms with Gasteiger partial charge in [-0.25, -0.2) is 0 Å². The van der Waals surface area contributed by atoms with Gasteiger partial charge in [0.1, 0.15) is 0 Å². The molecule has 2 aromatic carbocycles. The second-order valence-electron chi connectivity index (χ2n) is 4.88. The molecule has 0 heterocycles. The molecule has 4 nitrogen and oxygen atoms in total. The van der Waals surface area contributed by atoms with E-state index in [0.29, 0.717) is 4.47 Å². The van der Waals surface area contributed by atoms with Crippen molar-refractivity contribution in [2.24, 2.45) is 0 Å². The summed E-state index contributed by atoms with van der Waals surface area (Å²) < 4.78 is 0.478. The van der Waals surface area contributed by atoms with Crippen molar-refractivity contribution in [1.29, 1.82) is 0 Å². The van der Waals surface area contributed by atoms with Crippen LogP contribution in [-0.4, -0.2) is 4.92 Å². The molecule has 2 rings (SSSR count). The number of benzene rings is 2. The highest BCUT2D eigenvalue weighted by Crippen LogP contribution is 2.29. The summed E-state index contributed by atoms with van der Waals surface area (Å²) in [5.74, 6) is 0. The van der Waals surface area contributed by atoms with E-state index in [1.165, 1.54) is 17.2 Å². The first-order valence-electron chi connectivity index (χ1n) is 6.80. The summed E-state index contributed by atoms with van der Waals surface area (Å²) in [6.07, 6.45) is 1.03. The van der Waals surface area contributed by atoms with Crippen molar-refractivity contribution >= 4 is 27.3 Å². The zero-order chi connectivity index (χ0) is 15.4. The molecular formula is C16H17BrN2O2.